The fraction of sp³-hybridized carbons (Fsp3) is 0.636. The molecular formula is C11H18BN3O2S. The molecule has 5 nitrogen and oxygen atoms in total. The van der Waals surface area contributed by atoms with Crippen molar-refractivity contribution in [2.75, 3.05) is 11.6 Å². The smallest absolute Gasteiger partial charge is 0.423 e. The van der Waals surface area contributed by atoms with Gasteiger partial charge in [0.1, 0.15) is 5.82 Å². The SMILES string of the molecule is CSc1ncc(B(O)O)c(NC2CCCCC2)n1. The molecule has 1 aromatic rings. The summed E-state index contributed by atoms with van der Waals surface area (Å²) in [5.41, 5.74) is 0.346. The monoisotopic (exact) mass is 267 g/mol. The van der Waals surface area contributed by atoms with Crippen molar-refractivity contribution in [1.82, 2.24) is 9.97 Å². The molecule has 0 aliphatic heterocycles. The van der Waals surface area contributed by atoms with E-state index in [1.165, 1.54) is 37.2 Å². The second-order valence-electron chi connectivity index (χ2n) is 4.51. The van der Waals surface area contributed by atoms with Gasteiger partial charge < -0.3 is 15.4 Å². The molecule has 98 valence electrons. The maximum Gasteiger partial charge on any atom is 0.493 e. The molecule has 0 atom stereocenters. The van der Waals surface area contributed by atoms with E-state index in [2.05, 4.69) is 15.3 Å². The zero-order chi connectivity index (χ0) is 13.0. The highest BCUT2D eigenvalue weighted by atomic mass is 32.2. The van der Waals surface area contributed by atoms with Crippen LogP contribution in [0.5, 0.6) is 0 Å². The van der Waals surface area contributed by atoms with Crippen molar-refractivity contribution < 1.29 is 10.0 Å². The highest BCUT2D eigenvalue weighted by Crippen LogP contribution is 2.21. The summed E-state index contributed by atoms with van der Waals surface area (Å²) in [5, 5.41) is 22.6. The maximum absolute atomic E-state index is 9.33. The predicted molar refractivity (Wildman–Crippen MR) is 74.1 cm³/mol. The minimum atomic E-state index is -1.54. The number of anilines is 1. The molecule has 2 rings (SSSR count). The molecule has 1 heterocycles. The molecule has 7 heteroatoms. The average molecular weight is 267 g/mol. The van der Waals surface area contributed by atoms with Crippen molar-refractivity contribution in [3.63, 3.8) is 0 Å². The number of aromatic nitrogens is 2. The summed E-state index contributed by atoms with van der Waals surface area (Å²) in [7, 11) is -1.54. The second-order valence-corrected chi connectivity index (χ2v) is 5.29. The van der Waals surface area contributed by atoms with Gasteiger partial charge in [0.05, 0.1) is 0 Å². The van der Waals surface area contributed by atoms with E-state index in [0.717, 1.165) is 12.8 Å². The lowest BCUT2D eigenvalue weighted by Crippen LogP contribution is -2.36. The molecule has 0 spiro atoms. The average Bonchev–Trinajstić information content (AvgIpc) is 2.39. The molecule has 0 bridgehead atoms. The first-order valence-electron chi connectivity index (χ1n) is 6.24. The van der Waals surface area contributed by atoms with E-state index in [9.17, 15) is 10.0 Å². The lowest BCUT2D eigenvalue weighted by molar-refractivity contribution is 0.425. The first-order valence-corrected chi connectivity index (χ1v) is 7.47. The summed E-state index contributed by atoms with van der Waals surface area (Å²) >= 11 is 1.44. The molecule has 0 unspecified atom stereocenters. The van der Waals surface area contributed by atoms with Crippen molar-refractivity contribution in [2.24, 2.45) is 0 Å². The first kappa shape index (κ1) is 13.6. The highest BCUT2D eigenvalue weighted by molar-refractivity contribution is 7.98. The van der Waals surface area contributed by atoms with E-state index < -0.39 is 7.12 Å². The van der Waals surface area contributed by atoms with Gasteiger partial charge in [-0.3, -0.25) is 0 Å². The molecule has 1 fully saturated rings. The Kier molecular flexibility index (Phi) is 4.85. The minimum absolute atomic E-state index is 0.346. The topological polar surface area (TPSA) is 78.3 Å². The molecule has 0 radical (unpaired) electrons. The molecular weight excluding hydrogens is 249 g/mol. The quantitative estimate of drug-likeness (QED) is 0.422. The van der Waals surface area contributed by atoms with Crippen LogP contribution in [0.3, 0.4) is 0 Å². The van der Waals surface area contributed by atoms with E-state index in [-0.39, 0.29) is 0 Å². The molecule has 18 heavy (non-hydrogen) atoms. The zero-order valence-corrected chi connectivity index (χ0v) is 11.3. The van der Waals surface area contributed by atoms with E-state index in [1.807, 2.05) is 6.26 Å². The number of thioether (sulfide) groups is 1. The van der Waals surface area contributed by atoms with Gasteiger partial charge in [-0.1, -0.05) is 31.0 Å². The summed E-state index contributed by atoms with van der Waals surface area (Å²) in [6.07, 6.45) is 9.32. The number of nitrogens with zero attached hydrogens (tertiary/aromatic N) is 2. The molecule has 1 saturated carbocycles. The summed E-state index contributed by atoms with van der Waals surface area (Å²) in [5.74, 6) is 0.552. The van der Waals surface area contributed by atoms with Crippen molar-refractivity contribution in [2.45, 2.75) is 43.3 Å². The highest BCUT2D eigenvalue weighted by Gasteiger charge is 2.21. The van der Waals surface area contributed by atoms with Crippen LogP contribution >= 0.6 is 11.8 Å². The Morgan fingerprint density at radius 2 is 2.06 bits per heavy atom. The lowest BCUT2D eigenvalue weighted by atomic mass is 9.81. The molecule has 0 aromatic carbocycles. The Morgan fingerprint density at radius 3 is 2.67 bits per heavy atom. The summed E-state index contributed by atoms with van der Waals surface area (Å²) in [4.78, 5) is 8.39. The van der Waals surface area contributed by atoms with Crippen LogP contribution in [0, 0.1) is 0 Å². The van der Waals surface area contributed by atoms with Crippen LogP contribution in [-0.4, -0.2) is 39.4 Å². The standard InChI is InChI=1S/C11H18BN3O2S/c1-18-11-13-7-9(12(16)17)10(15-11)14-8-5-3-2-4-6-8/h7-8,16-17H,2-6H2,1H3,(H,13,14,15). The third-order valence-electron chi connectivity index (χ3n) is 3.20. The van der Waals surface area contributed by atoms with Crippen LogP contribution in [0.2, 0.25) is 0 Å². The number of hydrogen-bond donors (Lipinski definition) is 3. The van der Waals surface area contributed by atoms with Crippen LogP contribution in [0.4, 0.5) is 5.82 Å². The van der Waals surface area contributed by atoms with E-state index in [1.54, 1.807) is 0 Å². The summed E-state index contributed by atoms with van der Waals surface area (Å²) in [6.45, 7) is 0. The second kappa shape index (κ2) is 6.40. The van der Waals surface area contributed by atoms with Gasteiger partial charge >= 0.3 is 7.12 Å². The Bertz CT molecular complexity index is 400. The Hall–Kier alpha value is -0.785. The van der Waals surface area contributed by atoms with Crippen LogP contribution in [-0.2, 0) is 0 Å². The zero-order valence-electron chi connectivity index (χ0n) is 10.5. The fourth-order valence-corrected chi connectivity index (χ4v) is 2.56. The van der Waals surface area contributed by atoms with Crippen molar-refractivity contribution in [3.05, 3.63) is 6.20 Å². The molecule has 1 aliphatic carbocycles. The van der Waals surface area contributed by atoms with Crippen molar-refractivity contribution in [3.8, 4) is 0 Å². The van der Waals surface area contributed by atoms with Crippen LogP contribution in [0.1, 0.15) is 32.1 Å². The number of nitrogens with one attached hydrogen (secondary N) is 1. The minimum Gasteiger partial charge on any atom is -0.423 e. The van der Waals surface area contributed by atoms with E-state index in [0.29, 0.717) is 22.5 Å². The van der Waals surface area contributed by atoms with Gasteiger partial charge in [0.2, 0.25) is 0 Å². The first-order chi connectivity index (χ1) is 8.70. The van der Waals surface area contributed by atoms with Crippen LogP contribution in [0.15, 0.2) is 11.4 Å². The molecule has 0 saturated heterocycles. The Labute approximate surface area is 112 Å². The normalized spacial score (nSPS) is 16.6. The Balaban J connectivity index is 2.17. The van der Waals surface area contributed by atoms with E-state index >= 15 is 0 Å². The van der Waals surface area contributed by atoms with Crippen molar-refractivity contribution >= 4 is 30.2 Å². The summed E-state index contributed by atoms with van der Waals surface area (Å²) in [6, 6.07) is 0.376. The molecule has 1 aromatic heterocycles. The van der Waals surface area contributed by atoms with Gasteiger partial charge in [0.15, 0.2) is 5.16 Å². The number of rotatable bonds is 4. The van der Waals surface area contributed by atoms with Gasteiger partial charge in [-0.15, -0.1) is 0 Å². The molecule has 3 N–H and O–H groups in total. The lowest BCUT2D eigenvalue weighted by Gasteiger charge is -2.24. The van der Waals surface area contributed by atoms with Crippen molar-refractivity contribution in [1.29, 1.82) is 0 Å². The van der Waals surface area contributed by atoms with Gasteiger partial charge in [0.25, 0.3) is 0 Å². The van der Waals surface area contributed by atoms with E-state index in [4.69, 9.17) is 0 Å². The maximum atomic E-state index is 9.33. The largest absolute Gasteiger partial charge is 0.493 e. The molecule has 0 amide bonds. The van der Waals surface area contributed by atoms with Gasteiger partial charge in [-0.2, -0.15) is 0 Å². The third-order valence-corrected chi connectivity index (χ3v) is 3.76. The molecule has 1 aliphatic rings. The predicted octanol–water partition coefficient (Wildman–Crippen LogP) is 0.623. The Morgan fingerprint density at radius 1 is 1.33 bits per heavy atom. The van der Waals surface area contributed by atoms with Crippen LogP contribution < -0.4 is 10.8 Å². The number of hydrogen-bond acceptors (Lipinski definition) is 6. The summed E-state index contributed by atoms with van der Waals surface area (Å²) < 4.78 is 0. The fourth-order valence-electron chi connectivity index (χ4n) is 2.22. The third kappa shape index (κ3) is 3.37. The van der Waals surface area contributed by atoms with Gasteiger partial charge in [-0.25, -0.2) is 9.97 Å². The van der Waals surface area contributed by atoms with Gasteiger partial charge in [-0.05, 0) is 19.1 Å². The van der Waals surface area contributed by atoms with Gasteiger partial charge in [0, 0.05) is 17.7 Å². The van der Waals surface area contributed by atoms with Crippen LogP contribution in [0.25, 0.3) is 0 Å².